The fraction of sp³-hybridized carbons (Fsp3) is 0.370. The largest absolute Gasteiger partial charge is 0.438 e. The number of aromatic nitrogens is 10. The van der Waals surface area contributed by atoms with Gasteiger partial charge in [-0.3, -0.25) is 33.1 Å². The van der Waals surface area contributed by atoms with Crippen LogP contribution >= 0.6 is 0 Å². The molecule has 1 amide bonds. The Labute approximate surface area is 362 Å². The first-order valence-electron chi connectivity index (χ1n) is 21.6. The molecule has 12 rings (SSSR count). The Morgan fingerprint density at radius 3 is 2.48 bits per heavy atom. The quantitative estimate of drug-likeness (QED) is 0.201. The highest BCUT2D eigenvalue weighted by Gasteiger charge is 2.59. The van der Waals surface area contributed by atoms with E-state index in [0.717, 1.165) is 42.3 Å². The predicted octanol–water partition coefficient (Wildman–Crippen LogP) is 6.03. The second-order valence-electron chi connectivity index (χ2n) is 18.2. The van der Waals surface area contributed by atoms with Crippen molar-refractivity contribution in [1.29, 1.82) is 0 Å². The fourth-order valence-electron chi connectivity index (χ4n) is 10.5. The van der Waals surface area contributed by atoms with Gasteiger partial charge in [-0.05, 0) is 99.4 Å². The Morgan fingerprint density at radius 2 is 1.75 bits per heavy atom. The molecule has 0 bridgehead atoms. The Hall–Kier alpha value is -6.95. The molecule has 2 aliphatic carbocycles. The predicted molar refractivity (Wildman–Crippen MR) is 228 cm³/mol. The van der Waals surface area contributed by atoms with Crippen LogP contribution in [0.5, 0.6) is 0 Å². The van der Waals surface area contributed by atoms with Gasteiger partial charge in [-0.2, -0.15) is 10.2 Å². The molecule has 8 aromatic rings. The number of hydrogen-bond donors (Lipinski definition) is 1. The van der Waals surface area contributed by atoms with Crippen LogP contribution in [0, 0.1) is 31.4 Å². The van der Waals surface area contributed by atoms with Crippen LogP contribution in [0.2, 0.25) is 0 Å². The molecular formula is C46H43F2N11O5. The number of halogens is 2. The zero-order chi connectivity index (χ0) is 44.0. The third-order valence-electron chi connectivity index (χ3n) is 14.2. The van der Waals surface area contributed by atoms with Gasteiger partial charge in [0.1, 0.15) is 22.9 Å². The summed E-state index contributed by atoms with van der Waals surface area (Å²) in [4.78, 5) is 51.8. The second kappa shape index (κ2) is 13.5. The standard InChI is InChI=1S/C46H43F2N11O5/c1-24-15-29(16-25(2)38(24)47)59-40(57-13-12-56(44(57)62)35-6-5-34-30(39(35)48)21-50-54(34)4)31-23-55(11-7-32(31)52-59)41(60)36-18-28-17-33(27-8-14-63-45(20-27)9-10-45)49-22-37(28)58(36)46(19-26(46)3)42-51-43(61)64-53-42/h5-6,12-13,15-18,21-22,26-27H,7-11,14,19-20,23H2,1-4H3,(H,51,53,61)/t26-,27-,46-/m0/s1. The number of nitrogens with zero attached hydrogens (tertiary/aromatic N) is 10. The highest BCUT2D eigenvalue weighted by molar-refractivity contribution is 5.99. The van der Waals surface area contributed by atoms with Crippen molar-refractivity contribution in [1.82, 2.24) is 53.3 Å². The second-order valence-corrected chi connectivity index (χ2v) is 18.2. The number of hydrogen-bond acceptors (Lipinski definition) is 9. The lowest BCUT2D eigenvalue weighted by molar-refractivity contribution is -0.0137. The summed E-state index contributed by atoms with van der Waals surface area (Å²) in [5.74, 6) is -1.03. The van der Waals surface area contributed by atoms with E-state index in [9.17, 15) is 9.59 Å². The van der Waals surface area contributed by atoms with Crippen LogP contribution < -0.4 is 11.4 Å². The first-order valence-corrected chi connectivity index (χ1v) is 21.6. The Morgan fingerprint density at radius 1 is 0.969 bits per heavy atom. The summed E-state index contributed by atoms with van der Waals surface area (Å²) >= 11 is 0. The number of ether oxygens (including phenoxy) is 1. The molecule has 1 N–H and O–H groups in total. The topological polar surface area (TPSA) is 169 Å². The van der Waals surface area contributed by atoms with E-state index in [1.807, 2.05) is 23.8 Å². The third-order valence-corrected chi connectivity index (χ3v) is 14.2. The summed E-state index contributed by atoms with van der Waals surface area (Å²) in [6.07, 6.45) is 11.1. The molecule has 18 heteroatoms. The fourth-order valence-corrected chi connectivity index (χ4v) is 10.5. The van der Waals surface area contributed by atoms with E-state index in [1.54, 1.807) is 59.6 Å². The van der Waals surface area contributed by atoms with E-state index in [4.69, 9.17) is 19.3 Å². The number of carbonyl (C=O) groups excluding carboxylic acids is 1. The SMILES string of the molecule is Cc1cc(-n2nc3c(c2-n2ccn(-c4ccc5c(cnn5C)c4F)c2=O)CN(C(=O)c2cc4cc([C@H]5CCOC6(CC6)C5)ncc4n2[C@@]2(c4noc(=O)[nH]4)C[C@@H]2C)CC3)cc(C)c1F. The van der Waals surface area contributed by atoms with Gasteiger partial charge in [0.05, 0.1) is 58.0 Å². The minimum atomic E-state index is -0.877. The van der Waals surface area contributed by atoms with Crippen molar-refractivity contribution < 1.29 is 22.8 Å². The lowest BCUT2D eigenvalue weighted by atomic mass is 9.90. The first kappa shape index (κ1) is 38.7. The van der Waals surface area contributed by atoms with Gasteiger partial charge in [0, 0.05) is 61.6 Å². The summed E-state index contributed by atoms with van der Waals surface area (Å²) < 4.78 is 50.0. The zero-order valence-corrected chi connectivity index (χ0v) is 35.6. The van der Waals surface area contributed by atoms with Gasteiger partial charge in [-0.1, -0.05) is 12.1 Å². The van der Waals surface area contributed by atoms with Gasteiger partial charge in [0.2, 0.25) is 0 Å². The molecule has 64 heavy (non-hydrogen) atoms. The summed E-state index contributed by atoms with van der Waals surface area (Å²) in [5, 5.41) is 14.5. The van der Waals surface area contributed by atoms with Crippen LogP contribution in [-0.2, 0) is 30.3 Å². The summed E-state index contributed by atoms with van der Waals surface area (Å²) in [6, 6.07) is 10.6. The minimum Gasteiger partial charge on any atom is -0.375 e. The molecule has 2 aromatic carbocycles. The summed E-state index contributed by atoms with van der Waals surface area (Å²) in [6.45, 7) is 6.43. The number of carbonyl (C=O) groups is 1. The number of aryl methyl sites for hydroxylation is 3. The maximum Gasteiger partial charge on any atom is 0.438 e. The van der Waals surface area contributed by atoms with Crippen molar-refractivity contribution in [2.75, 3.05) is 13.2 Å². The van der Waals surface area contributed by atoms with Crippen molar-refractivity contribution in [3.05, 3.63) is 133 Å². The third kappa shape index (κ3) is 5.63. The van der Waals surface area contributed by atoms with Crippen LogP contribution in [0.15, 0.2) is 75.3 Å². The average Bonchev–Trinajstić information content (AvgIpc) is 3.71. The van der Waals surface area contributed by atoms with Crippen molar-refractivity contribution in [3.8, 4) is 17.2 Å². The van der Waals surface area contributed by atoms with E-state index in [0.29, 0.717) is 76.9 Å². The average molecular weight is 868 g/mol. The smallest absolute Gasteiger partial charge is 0.375 e. The Balaban J connectivity index is 0.983. The molecule has 0 unspecified atom stereocenters. The molecule has 4 aliphatic rings. The van der Waals surface area contributed by atoms with Gasteiger partial charge < -0.3 is 14.2 Å². The Kier molecular flexibility index (Phi) is 8.18. The number of fused-ring (bicyclic) bond motifs is 3. The number of nitrogens with one attached hydrogen (secondary N) is 1. The maximum absolute atomic E-state index is 16.1. The van der Waals surface area contributed by atoms with Crippen LogP contribution in [-0.4, -0.2) is 77.9 Å². The van der Waals surface area contributed by atoms with E-state index in [1.165, 1.54) is 27.6 Å². The number of imidazole rings is 1. The van der Waals surface area contributed by atoms with E-state index >= 15 is 13.6 Å². The number of rotatable bonds is 7. The molecule has 2 saturated carbocycles. The molecule has 1 saturated heterocycles. The zero-order valence-electron chi connectivity index (χ0n) is 35.6. The summed E-state index contributed by atoms with van der Waals surface area (Å²) in [7, 11) is 1.72. The number of H-pyrrole nitrogens is 1. The molecule has 6 aromatic heterocycles. The van der Waals surface area contributed by atoms with Crippen molar-refractivity contribution in [2.45, 2.75) is 82.9 Å². The molecule has 3 atom stereocenters. The summed E-state index contributed by atoms with van der Waals surface area (Å²) in [5.41, 5.74) is 3.77. The monoisotopic (exact) mass is 867 g/mol. The van der Waals surface area contributed by atoms with E-state index in [-0.39, 0.29) is 46.8 Å². The van der Waals surface area contributed by atoms with Gasteiger partial charge >= 0.3 is 11.4 Å². The van der Waals surface area contributed by atoms with Crippen molar-refractivity contribution in [2.24, 2.45) is 13.0 Å². The molecule has 2 aliphatic heterocycles. The number of aromatic amines is 1. The van der Waals surface area contributed by atoms with E-state index < -0.39 is 22.8 Å². The minimum absolute atomic E-state index is 0.0136. The number of amides is 1. The molecular weight excluding hydrogens is 825 g/mol. The lowest BCUT2D eigenvalue weighted by Gasteiger charge is -2.29. The van der Waals surface area contributed by atoms with Gasteiger partial charge in [-0.15, -0.1) is 0 Å². The number of pyridine rings is 1. The van der Waals surface area contributed by atoms with Gasteiger partial charge in [-0.25, -0.2) is 23.1 Å². The molecule has 326 valence electrons. The van der Waals surface area contributed by atoms with Crippen LogP contribution in [0.25, 0.3) is 39.0 Å². The number of benzene rings is 2. The first-order chi connectivity index (χ1) is 30.8. The van der Waals surface area contributed by atoms with E-state index in [2.05, 4.69) is 21.3 Å². The van der Waals surface area contributed by atoms with Crippen molar-refractivity contribution in [3.63, 3.8) is 0 Å². The molecule has 3 fully saturated rings. The maximum atomic E-state index is 16.1. The van der Waals surface area contributed by atoms with Crippen LogP contribution in [0.3, 0.4) is 0 Å². The molecule has 16 nitrogen and oxygen atoms in total. The van der Waals surface area contributed by atoms with Gasteiger partial charge in [0.25, 0.3) is 5.91 Å². The normalized spacial score (nSPS) is 21.3. The van der Waals surface area contributed by atoms with Crippen molar-refractivity contribution >= 4 is 27.7 Å². The Bertz CT molecular complexity index is 3380. The highest BCUT2D eigenvalue weighted by Crippen LogP contribution is 2.56. The van der Waals surface area contributed by atoms with Crippen LogP contribution in [0.1, 0.15) is 89.3 Å². The molecule has 8 heterocycles. The lowest BCUT2D eigenvalue weighted by Crippen LogP contribution is -2.39. The van der Waals surface area contributed by atoms with Crippen LogP contribution in [0.4, 0.5) is 8.78 Å². The van der Waals surface area contributed by atoms with Gasteiger partial charge in [0.15, 0.2) is 11.6 Å². The highest BCUT2D eigenvalue weighted by atomic mass is 19.1. The molecule has 1 spiro atoms. The molecule has 0 radical (unpaired) electrons.